The fraction of sp³-hybridized carbons (Fsp3) is 0.520. The van der Waals surface area contributed by atoms with Crippen molar-refractivity contribution < 1.29 is 27.6 Å². The van der Waals surface area contributed by atoms with Crippen LogP contribution in [0.3, 0.4) is 0 Å². The van der Waals surface area contributed by atoms with Crippen LogP contribution < -0.4 is 11.1 Å². The van der Waals surface area contributed by atoms with Crippen LogP contribution in [0, 0.1) is 5.92 Å². The smallest absolute Gasteiger partial charge is 0.383 e. The van der Waals surface area contributed by atoms with Gasteiger partial charge in [-0.3, -0.25) is 14.4 Å². The summed E-state index contributed by atoms with van der Waals surface area (Å²) in [7, 11) is 0. The molecule has 3 amide bonds. The molecule has 8 nitrogen and oxygen atoms in total. The number of aromatic nitrogens is 1. The number of hydrogen-bond donors (Lipinski definition) is 2. The van der Waals surface area contributed by atoms with E-state index < -0.39 is 42.9 Å². The van der Waals surface area contributed by atoms with Gasteiger partial charge in [-0.2, -0.15) is 13.2 Å². The van der Waals surface area contributed by atoms with E-state index in [4.69, 9.17) is 5.73 Å². The summed E-state index contributed by atoms with van der Waals surface area (Å²) in [6, 6.07) is 5.92. The number of rotatable bonds is 7. The normalized spacial score (nSPS) is 20.2. The van der Waals surface area contributed by atoms with Crippen molar-refractivity contribution in [1.82, 2.24) is 20.1 Å². The quantitative estimate of drug-likeness (QED) is 0.602. The molecular weight excluding hydrogens is 475 g/mol. The number of anilines is 1. The van der Waals surface area contributed by atoms with Gasteiger partial charge in [-0.05, 0) is 48.8 Å². The third-order valence-corrected chi connectivity index (χ3v) is 6.95. The average molecular weight is 506 g/mol. The van der Waals surface area contributed by atoms with E-state index in [1.807, 2.05) is 6.07 Å². The number of alkyl halides is 3. The van der Waals surface area contributed by atoms with E-state index in [2.05, 4.69) is 10.3 Å². The zero-order valence-electron chi connectivity index (χ0n) is 19.9. The van der Waals surface area contributed by atoms with Gasteiger partial charge in [0.05, 0.1) is 5.92 Å². The van der Waals surface area contributed by atoms with Gasteiger partial charge in [-0.15, -0.1) is 0 Å². The van der Waals surface area contributed by atoms with E-state index in [1.54, 1.807) is 29.3 Å². The number of nitrogens with two attached hydrogens (primary N) is 1. The summed E-state index contributed by atoms with van der Waals surface area (Å²) in [4.78, 5) is 44.7. The lowest BCUT2D eigenvalue weighted by atomic mass is 10.0. The van der Waals surface area contributed by atoms with Crippen LogP contribution in [-0.2, 0) is 20.9 Å². The van der Waals surface area contributed by atoms with E-state index in [-0.39, 0.29) is 31.7 Å². The van der Waals surface area contributed by atoms with Crippen LogP contribution in [0.4, 0.5) is 19.0 Å². The minimum absolute atomic E-state index is 0.0443. The summed E-state index contributed by atoms with van der Waals surface area (Å²) in [5.74, 6) is -2.59. The van der Waals surface area contributed by atoms with Crippen LogP contribution in [0.15, 0.2) is 30.5 Å². The van der Waals surface area contributed by atoms with Crippen molar-refractivity contribution in [2.24, 2.45) is 5.92 Å². The molecule has 2 fully saturated rings. The molecular formula is C25H30F3N5O3. The molecule has 3 heterocycles. The minimum Gasteiger partial charge on any atom is -0.383 e. The number of hydrogen-bond acceptors (Lipinski definition) is 5. The summed E-state index contributed by atoms with van der Waals surface area (Å²) in [5, 5.41) is 4.27. The highest BCUT2D eigenvalue weighted by Gasteiger charge is 2.50. The highest BCUT2D eigenvalue weighted by molar-refractivity contribution is 5.91. The number of fused-ring (bicyclic) bond motifs is 1. The van der Waals surface area contributed by atoms with Gasteiger partial charge in [0, 0.05) is 50.6 Å². The number of nitrogens with one attached hydrogen (secondary N) is 1. The minimum atomic E-state index is -4.51. The van der Waals surface area contributed by atoms with Gasteiger partial charge in [0.25, 0.3) is 0 Å². The molecule has 0 spiro atoms. The summed E-state index contributed by atoms with van der Waals surface area (Å²) in [5.41, 5.74) is 6.60. The molecule has 194 valence electrons. The number of likely N-dealkylation sites (tertiary alicyclic amines) is 2. The van der Waals surface area contributed by atoms with Crippen LogP contribution in [0.25, 0.3) is 10.8 Å². The van der Waals surface area contributed by atoms with Gasteiger partial charge >= 0.3 is 6.18 Å². The van der Waals surface area contributed by atoms with Gasteiger partial charge in [0.2, 0.25) is 17.7 Å². The van der Waals surface area contributed by atoms with Crippen molar-refractivity contribution in [3.05, 3.63) is 36.0 Å². The molecule has 0 saturated carbocycles. The molecule has 2 atom stereocenters. The summed E-state index contributed by atoms with van der Waals surface area (Å²) < 4.78 is 40.4. The molecule has 1 aromatic carbocycles. The van der Waals surface area contributed by atoms with Crippen molar-refractivity contribution in [2.75, 3.05) is 25.4 Å². The Morgan fingerprint density at radius 1 is 1.08 bits per heavy atom. The highest BCUT2D eigenvalue weighted by Crippen LogP contribution is 2.37. The molecule has 0 aliphatic carbocycles. The average Bonchev–Trinajstić information content (AvgIpc) is 3.53. The molecule has 2 aromatic rings. The van der Waals surface area contributed by atoms with Crippen LogP contribution in [0.5, 0.6) is 0 Å². The van der Waals surface area contributed by atoms with E-state index in [0.29, 0.717) is 18.9 Å². The predicted molar refractivity (Wildman–Crippen MR) is 127 cm³/mol. The Bertz CT molecular complexity index is 1130. The lowest BCUT2D eigenvalue weighted by Crippen LogP contribution is -2.45. The predicted octanol–water partition coefficient (Wildman–Crippen LogP) is 3.01. The van der Waals surface area contributed by atoms with Crippen LogP contribution in [0.2, 0.25) is 0 Å². The number of pyridine rings is 1. The molecule has 36 heavy (non-hydrogen) atoms. The van der Waals surface area contributed by atoms with Gasteiger partial charge in [0.1, 0.15) is 11.9 Å². The Morgan fingerprint density at radius 2 is 1.81 bits per heavy atom. The lowest BCUT2D eigenvalue weighted by Gasteiger charge is -2.24. The number of carbonyl (C=O) groups excluding carboxylic acids is 3. The van der Waals surface area contributed by atoms with Crippen molar-refractivity contribution in [2.45, 2.75) is 57.3 Å². The number of halogens is 3. The molecule has 11 heteroatoms. The van der Waals surface area contributed by atoms with E-state index in [0.717, 1.165) is 34.1 Å². The zero-order valence-corrected chi connectivity index (χ0v) is 19.9. The van der Waals surface area contributed by atoms with Crippen LogP contribution >= 0.6 is 0 Å². The van der Waals surface area contributed by atoms with Crippen molar-refractivity contribution in [3.8, 4) is 0 Å². The largest absolute Gasteiger partial charge is 0.393 e. The summed E-state index contributed by atoms with van der Waals surface area (Å²) in [6.07, 6.45) is -1.17. The number of benzene rings is 1. The Kier molecular flexibility index (Phi) is 7.65. The Balaban J connectivity index is 1.37. The molecule has 4 rings (SSSR count). The van der Waals surface area contributed by atoms with Gasteiger partial charge < -0.3 is 20.9 Å². The van der Waals surface area contributed by atoms with Crippen molar-refractivity contribution in [3.63, 3.8) is 0 Å². The first-order chi connectivity index (χ1) is 17.1. The Labute approximate surface area is 207 Å². The zero-order chi connectivity index (χ0) is 25.9. The van der Waals surface area contributed by atoms with E-state index in [9.17, 15) is 27.6 Å². The second-order valence-corrected chi connectivity index (χ2v) is 9.45. The number of nitrogen functional groups attached to an aromatic ring is 1. The Hall–Kier alpha value is -3.37. The lowest BCUT2D eigenvalue weighted by molar-refractivity contribution is -0.171. The number of carbonyl (C=O) groups is 3. The molecule has 1 aromatic heterocycles. The van der Waals surface area contributed by atoms with E-state index in [1.165, 1.54) is 0 Å². The fourth-order valence-corrected chi connectivity index (χ4v) is 4.92. The second-order valence-electron chi connectivity index (χ2n) is 9.45. The molecule has 0 radical (unpaired) electrons. The summed E-state index contributed by atoms with van der Waals surface area (Å²) in [6.45, 7) is 0.949. The Morgan fingerprint density at radius 3 is 2.53 bits per heavy atom. The maximum atomic E-state index is 13.5. The van der Waals surface area contributed by atoms with Crippen LogP contribution in [0.1, 0.15) is 44.1 Å². The number of amides is 3. The maximum absolute atomic E-state index is 13.5. The van der Waals surface area contributed by atoms with Gasteiger partial charge in [0.15, 0.2) is 0 Å². The first-order valence-electron chi connectivity index (χ1n) is 12.2. The second kappa shape index (κ2) is 10.7. The standard InChI is InChI=1S/C25H30F3N5O3/c26-25(27,28)18-13-20(33(15-18)22(35)5-3-4-21(34)32-10-1-2-11-32)24(36)31-14-16-6-7-19-17(12-16)8-9-30-23(19)29/h6-9,12,18,20H,1-5,10-11,13-15H2,(H2,29,30)(H,31,36)/t18-,20-/m0/s1. The molecule has 3 N–H and O–H groups in total. The van der Waals surface area contributed by atoms with Crippen molar-refractivity contribution >= 4 is 34.3 Å². The first kappa shape index (κ1) is 25.7. The number of nitrogens with zero attached hydrogens (tertiary/aromatic N) is 3. The molecule has 0 unspecified atom stereocenters. The first-order valence-corrected chi connectivity index (χ1v) is 12.2. The van der Waals surface area contributed by atoms with Gasteiger partial charge in [-0.25, -0.2) is 4.98 Å². The fourth-order valence-electron chi connectivity index (χ4n) is 4.92. The molecule has 2 saturated heterocycles. The third kappa shape index (κ3) is 5.88. The third-order valence-electron chi connectivity index (χ3n) is 6.95. The van der Waals surface area contributed by atoms with Crippen molar-refractivity contribution in [1.29, 1.82) is 0 Å². The summed E-state index contributed by atoms with van der Waals surface area (Å²) >= 11 is 0. The monoisotopic (exact) mass is 505 g/mol. The highest BCUT2D eigenvalue weighted by atomic mass is 19.4. The molecule has 0 bridgehead atoms. The van der Waals surface area contributed by atoms with Crippen LogP contribution in [-0.4, -0.2) is 64.4 Å². The SMILES string of the molecule is Nc1nccc2cc(CNC(=O)[C@@H]3C[C@H](C(F)(F)F)CN3C(=O)CCCC(=O)N3CCCC3)ccc12. The maximum Gasteiger partial charge on any atom is 0.393 e. The topological polar surface area (TPSA) is 109 Å². The van der Waals surface area contributed by atoms with E-state index >= 15 is 0 Å². The molecule has 2 aliphatic heterocycles. The van der Waals surface area contributed by atoms with Gasteiger partial charge in [-0.1, -0.05) is 12.1 Å². The molecule has 2 aliphatic rings.